The average molecular weight is 529 g/mol. The van der Waals surface area contributed by atoms with Crippen molar-refractivity contribution in [3.63, 3.8) is 0 Å². The van der Waals surface area contributed by atoms with Gasteiger partial charge in [0.05, 0.1) is 36.1 Å². The van der Waals surface area contributed by atoms with E-state index < -0.39 is 18.0 Å². The number of aromatic nitrogens is 1. The first-order valence-corrected chi connectivity index (χ1v) is 12.6. The maximum atomic E-state index is 13.9. The maximum Gasteiger partial charge on any atom is 0.338 e. The summed E-state index contributed by atoms with van der Waals surface area (Å²) in [4.78, 5) is 43.4. The van der Waals surface area contributed by atoms with Crippen molar-refractivity contribution in [3.8, 4) is 11.5 Å². The summed E-state index contributed by atoms with van der Waals surface area (Å²) < 4.78 is 17.7. The number of hydrogen-bond acceptors (Lipinski definition) is 8. The van der Waals surface area contributed by atoms with E-state index in [1.807, 2.05) is 48.5 Å². The Kier molecular flexibility index (Phi) is 6.69. The molecule has 1 aliphatic rings. The molecule has 0 aliphatic carbocycles. The van der Waals surface area contributed by atoms with Crippen LogP contribution in [0.1, 0.15) is 31.0 Å². The summed E-state index contributed by atoms with van der Waals surface area (Å²) in [5, 5.41) is 2.09. The van der Waals surface area contributed by atoms with E-state index >= 15 is 0 Å². The second-order valence-electron chi connectivity index (χ2n) is 8.65. The largest absolute Gasteiger partial charge is 0.493 e. The summed E-state index contributed by atoms with van der Waals surface area (Å²) in [7, 11) is 2.74. The zero-order valence-corrected chi connectivity index (χ0v) is 22.0. The van der Waals surface area contributed by atoms with Crippen LogP contribution >= 0.6 is 11.3 Å². The third-order valence-electron chi connectivity index (χ3n) is 6.29. The van der Waals surface area contributed by atoms with Crippen LogP contribution in [0.4, 0.5) is 0 Å². The summed E-state index contributed by atoms with van der Waals surface area (Å²) in [6.07, 6.45) is 1.85. The number of allylic oxidation sites excluding steroid dienone is 1. The number of hydrogen-bond donors (Lipinski definition) is 0. The van der Waals surface area contributed by atoms with Gasteiger partial charge in [-0.3, -0.25) is 14.2 Å². The van der Waals surface area contributed by atoms with Gasteiger partial charge in [0.25, 0.3) is 5.56 Å². The van der Waals surface area contributed by atoms with Gasteiger partial charge in [-0.15, -0.1) is 0 Å². The maximum absolute atomic E-state index is 13.9. The van der Waals surface area contributed by atoms with Crippen LogP contribution in [-0.4, -0.2) is 30.7 Å². The molecule has 3 aromatic carbocycles. The molecule has 0 saturated heterocycles. The van der Waals surface area contributed by atoms with Crippen LogP contribution in [0.2, 0.25) is 0 Å². The fourth-order valence-electron chi connectivity index (χ4n) is 4.62. The molecule has 1 aliphatic heterocycles. The average Bonchev–Trinajstić information content (AvgIpc) is 3.21. The first kappa shape index (κ1) is 25.2. The summed E-state index contributed by atoms with van der Waals surface area (Å²) in [6.45, 7) is 3.01. The van der Waals surface area contributed by atoms with Crippen molar-refractivity contribution in [1.29, 1.82) is 0 Å². The Morgan fingerprint density at radius 2 is 1.79 bits per heavy atom. The number of rotatable bonds is 5. The van der Waals surface area contributed by atoms with Crippen molar-refractivity contribution < 1.29 is 23.8 Å². The molecule has 4 aromatic rings. The van der Waals surface area contributed by atoms with E-state index in [1.165, 1.54) is 37.0 Å². The first-order chi connectivity index (χ1) is 18.3. The number of thiazole rings is 1. The molecule has 0 saturated carbocycles. The smallest absolute Gasteiger partial charge is 0.338 e. The van der Waals surface area contributed by atoms with E-state index in [2.05, 4.69) is 4.99 Å². The Morgan fingerprint density at radius 3 is 2.53 bits per heavy atom. The van der Waals surface area contributed by atoms with Crippen LogP contribution in [0.25, 0.3) is 16.8 Å². The number of methoxy groups -OCH3 is 2. The minimum absolute atomic E-state index is 0.229. The second-order valence-corrected chi connectivity index (χ2v) is 9.65. The van der Waals surface area contributed by atoms with Crippen LogP contribution in [-0.2, 0) is 14.3 Å². The summed E-state index contributed by atoms with van der Waals surface area (Å²) in [6, 6.07) is 18.0. The number of carbonyl (C=O) groups is 2. The Balaban J connectivity index is 1.74. The highest BCUT2D eigenvalue weighted by Gasteiger charge is 2.33. The molecule has 0 bridgehead atoms. The molecular weight excluding hydrogens is 504 g/mol. The number of carbonyl (C=O) groups excluding carboxylic acids is 2. The van der Waals surface area contributed by atoms with Gasteiger partial charge in [-0.2, -0.15) is 0 Å². The van der Waals surface area contributed by atoms with E-state index in [0.29, 0.717) is 20.6 Å². The monoisotopic (exact) mass is 528 g/mol. The van der Waals surface area contributed by atoms with Crippen molar-refractivity contribution in [3.05, 3.63) is 103 Å². The van der Waals surface area contributed by atoms with Crippen LogP contribution < -0.4 is 24.4 Å². The highest BCUT2D eigenvalue weighted by Crippen LogP contribution is 2.36. The van der Waals surface area contributed by atoms with Crippen LogP contribution in [0.15, 0.2) is 81.7 Å². The topological polar surface area (TPSA) is 96.2 Å². The van der Waals surface area contributed by atoms with Crippen molar-refractivity contribution in [1.82, 2.24) is 4.57 Å². The number of nitrogens with zero attached hydrogens (tertiary/aromatic N) is 2. The SMILES string of the molecule is COC(=O)C1=C(C)N=c2s/c(=C/c3cccc4ccccc34)c(=O)n2C1c1ccc(OC(C)=O)c(OC)c1. The van der Waals surface area contributed by atoms with Gasteiger partial charge in [0.2, 0.25) is 0 Å². The normalized spacial score (nSPS) is 15.2. The molecule has 0 N–H and O–H groups in total. The predicted molar refractivity (Wildman–Crippen MR) is 144 cm³/mol. The fraction of sp³-hybridized carbons (Fsp3) is 0.172. The summed E-state index contributed by atoms with van der Waals surface area (Å²) in [5.74, 6) is -0.576. The molecule has 38 heavy (non-hydrogen) atoms. The molecule has 1 aromatic heterocycles. The fourth-order valence-corrected chi connectivity index (χ4v) is 5.66. The molecule has 0 spiro atoms. The van der Waals surface area contributed by atoms with Gasteiger partial charge in [0.15, 0.2) is 16.3 Å². The van der Waals surface area contributed by atoms with E-state index in [4.69, 9.17) is 14.2 Å². The lowest BCUT2D eigenvalue weighted by Crippen LogP contribution is -2.39. The predicted octanol–water partition coefficient (Wildman–Crippen LogP) is 3.50. The van der Waals surface area contributed by atoms with Gasteiger partial charge in [0.1, 0.15) is 0 Å². The Morgan fingerprint density at radius 1 is 1.03 bits per heavy atom. The van der Waals surface area contributed by atoms with Gasteiger partial charge in [-0.1, -0.05) is 59.9 Å². The standard InChI is InChI=1S/C29H24N2O6S/c1-16-25(28(34)36-4)26(20-12-13-22(37-17(2)32)23(14-20)35-3)31-27(33)24(38-29(31)30-16)15-19-10-7-9-18-8-5-6-11-21(18)19/h5-15,26H,1-4H3/b24-15+. The minimum Gasteiger partial charge on any atom is -0.493 e. The van der Waals surface area contributed by atoms with E-state index in [1.54, 1.807) is 25.1 Å². The highest BCUT2D eigenvalue weighted by molar-refractivity contribution is 7.07. The first-order valence-electron chi connectivity index (χ1n) is 11.8. The van der Waals surface area contributed by atoms with E-state index in [9.17, 15) is 14.4 Å². The molecule has 9 heteroatoms. The van der Waals surface area contributed by atoms with Gasteiger partial charge in [-0.25, -0.2) is 9.79 Å². The lowest BCUT2D eigenvalue weighted by molar-refractivity contribution is -0.136. The van der Waals surface area contributed by atoms with E-state index in [0.717, 1.165) is 16.3 Å². The van der Waals surface area contributed by atoms with Gasteiger partial charge >= 0.3 is 11.9 Å². The third kappa shape index (κ3) is 4.41. The van der Waals surface area contributed by atoms with Crippen molar-refractivity contribution in [2.75, 3.05) is 14.2 Å². The van der Waals surface area contributed by atoms with Crippen molar-refractivity contribution >= 4 is 40.1 Å². The molecule has 8 nitrogen and oxygen atoms in total. The number of ether oxygens (including phenoxy) is 3. The molecule has 2 heterocycles. The third-order valence-corrected chi connectivity index (χ3v) is 7.28. The molecule has 1 atom stereocenters. The highest BCUT2D eigenvalue weighted by atomic mass is 32.1. The lowest BCUT2D eigenvalue weighted by Gasteiger charge is -2.25. The minimum atomic E-state index is -0.825. The zero-order valence-electron chi connectivity index (χ0n) is 21.2. The Bertz CT molecular complexity index is 1810. The molecule has 0 radical (unpaired) electrons. The van der Waals surface area contributed by atoms with Gasteiger partial charge in [0, 0.05) is 6.92 Å². The number of fused-ring (bicyclic) bond motifs is 2. The van der Waals surface area contributed by atoms with Gasteiger partial charge in [-0.05, 0) is 47.0 Å². The second kappa shape index (κ2) is 10.1. The molecule has 1 unspecified atom stereocenters. The van der Waals surface area contributed by atoms with Crippen LogP contribution in [0, 0.1) is 0 Å². The Hall–Kier alpha value is -4.50. The quantitative estimate of drug-likeness (QED) is 0.291. The van der Waals surface area contributed by atoms with Crippen molar-refractivity contribution in [2.45, 2.75) is 19.9 Å². The summed E-state index contributed by atoms with van der Waals surface area (Å²) >= 11 is 1.25. The van der Waals surface area contributed by atoms with Crippen molar-refractivity contribution in [2.24, 2.45) is 4.99 Å². The summed E-state index contributed by atoms with van der Waals surface area (Å²) in [5.41, 5.74) is 1.87. The molecule has 192 valence electrons. The molecule has 0 amide bonds. The van der Waals surface area contributed by atoms with E-state index in [-0.39, 0.29) is 22.6 Å². The zero-order chi connectivity index (χ0) is 27.0. The number of esters is 2. The molecule has 5 rings (SSSR count). The molecular formula is C29H24N2O6S. The van der Waals surface area contributed by atoms with Crippen LogP contribution in [0.3, 0.4) is 0 Å². The lowest BCUT2D eigenvalue weighted by atomic mass is 9.95. The van der Waals surface area contributed by atoms with Gasteiger partial charge < -0.3 is 14.2 Å². The Labute approximate surface area is 221 Å². The molecule has 0 fully saturated rings. The number of benzene rings is 3. The van der Waals surface area contributed by atoms with Crippen LogP contribution in [0.5, 0.6) is 11.5 Å².